The number of pyridine rings is 1. The quantitative estimate of drug-likeness (QED) is 0.479. The van der Waals surface area contributed by atoms with Crippen LogP contribution in [0, 0.1) is 0 Å². The molecule has 2 heterocycles. The number of carbonyl (C=O) groups is 3. The average Bonchev–Trinajstić information content (AvgIpc) is 2.83. The van der Waals surface area contributed by atoms with Crippen molar-refractivity contribution in [3.05, 3.63) is 72.1 Å². The Morgan fingerprint density at radius 1 is 1.06 bits per heavy atom. The summed E-state index contributed by atoms with van der Waals surface area (Å²) >= 11 is 0. The lowest BCUT2D eigenvalue weighted by Crippen LogP contribution is -2.41. The number of hydrogen-bond acceptors (Lipinski definition) is 7. The molecule has 0 aliphatic rings. The standard InChI is InChI=1S/C26H29N5O5/c1-5-17-6-8-18(9-7-17)19-12-21(23(24(33)34)28-13-19)30-22(32)15-31(25(35)36-26(2,3)4)14-20-10-11-27-16-29-20/h6-13,16H,5,14-15H2,1-4H3,(H,30,32)(H,33,34). The van der Waals surface area contributed by atoms with Crippen LogP contribution >= 0.6 is 0 Å². The molecule has 3 aromatic rings. The molecule has 0 spiro atoms. The highest BCUT2D eigenvalue weighted by atomic mass is 16.6. The minimum atomic E-state index is -1.29. The van der Waals surface area contributed by atoms with Gasteiger partial charge in [-0.25, -0.2) is 24.5 Å². The van der Waals surface area contributed by atoms with E-state index in [1.165, 1.54) is 23.6 Å². The van der Waals surface area contributed by atoms with Crippen molar-refractivity contribution in [2.75, 3.05) is 11.9 Å². The van der Waals surface area contributed by atoms with E-state index in [0.717, 1.165) is 17.5 Å². The number of carbonyl (C=O) groups excluding carboxylic acids is 2. The number of benzene rings is 1. The molecule has 0 atom stereocenters. The van der Waals surface area contributed by atoms with Gasteiger partial charge in [-0.05, 0) is 50.5 Å². The molecule has 2 N–H and O–H groups in total. The van der Waals surface area contributed by atoms with Gasteiger partial charge in [0.15, 0.2) is 5.69 Å². The van der Waals surface area contributed by atoms with Crippen LogP contribution in [0.15, 0.2) is 55.1 Å². The van der Waals surface area contributed by atoms with E-state index in [1.807, 2.05) is 24.3 Å². The van der Waals surface area contributed by atoms with Gasteiger partial charge in [-0.1, -0.05) is 31.2 Å². The molecule has 10 heteroatoms. The molecule has 2 amide bonds. The van der Waals surface area contributed by atoms with Crippen molar-refractivity contribution in [2.24, 2.45) is 0 Å². The molecule has 2 aromatic heterocycles. The molecule has 188 valence electrons. The number of aromatic nitrogens is 3. The number of rotatable bonds is 8. The maximum absolute atomic E-state index is 13.0. The van der Waals surface area contributed by atoms with Gasteiger partial charge in [0.1, 0.15) is 18.5 Å². The highest BCUT2D eigenvalue weighted by Crippen LogP contribution is 2.25. The summed E-state index contributed by atoms with van der Waals surface area (Å²) in [6.45, 7) is 6.81. The molecule has 0 aliphatic heterocycles. The molecule has 0 fully saturated rings. The average molecular weight is 492 g/mol. The number of carboxylic acids is 1. The third-order valence-corrected chi connectivity index (χ3v) is 5.04. The van der Waals surface area contributed by atoms with E-state index in [-0.39, 0.29) is 17.9 Å². The molecule has 36 heavy (non-hydrogen) atoms. The van der Waals surface area contributed by atoms with Crippen LogP contribution in [0.4, 0.5) is 10.5 Å². The number of aryl methyl sites for hydroxylation is 1. The fourth-order valence-corrected chi connectivity index (χ4v) is 3.30. The van der Waals surface area contributed by atoms with E-state index >= 15 is 0 Å². The third kappa shape index (κ3) is 7.33. The number of aromatic carboxylic acids is 1. The predicted octanol–water partition coefficient (Wildman–Crippen LogP) is 4.18. The SMILES string of the molecule is CCc1ccc(-c2cnc(C(=O)O)c(NC(=O)CN(Cc3ccncn3)C(=O)OC(C)(C)C)c2)cc1. The summed E-state index contributed by atoms with van der Waals surface area (Å²) in [5, 5.41) is 12.2. The van der Waals surface area contributed by atoms with Crippen LogP contribution < -0.4 is 5.32 Å². The molecular formula is C26H29N5O5. The Balaban J connectivity index is 1.84. The van der Waals surface area contributed by atoms with Gasteiger partial charge in [-0.15, -0.1) is 0 Å². The first-order valence-electron chi connectivity index (χ1n) is 11.4. The second-order valence-corrected chi connectivity index (χ2v) is 9.06. The molecule has 0 bridgehead atoms. The molecule has 0 radical (unpaired) electrons. The Kier molecular flexibility index (Phi) is 8.31. The Morgan fingerprint density at radius 2 is 1.78 bits per heavy atom. The lowest BCUT2D eigenvalue weighted by molar-refractivity contribution is -0.117. The Bertz CT molecular complexity index is 1220. The fourth-order valence-electron chi connectivity index (χ4n) is 3.30. The van der Waals surface area contributed by atoms with E-state index in [0.29, 0.717) is 11.3 Å². The lowest BCUT2D eigenvalue weighted by Gasteiger charge is -2.27. The molecule has 0 unspecified atom stereocenters. The zero-order valence-corrected chi connectivity index (χ0v) is 20.7. The number of carboxylic acid groups (broad SMARTS) is 1. The zero-order valence-electron chi connectivity index (χ0n) is 20.7. The van der Waals surface area contributed by atoms with Crippen molar-refractivity contribution >= 4 is 23.7 Å². The van der Waals surface area contributed by atoms with Gasteiger partial charge in [-0.3, -0.25) is 9.69 Å². The first kappa shape index (κ1) is 26.3. The largest absolute Gasteiger partial charge is 0.476 e. The summed E-state index contributed by atoms with van der Waals surface area (Å²) in [4.78, 5) is 50.7. The maximum Gasteiger partial charge on any atom is 0.411 e. The fraction of sp³-hybridized carbons (Fsp3) is 0.308. The van der Waals surface area contributed by atoms with Gasteiger partial charge < -0.3 is 15.2 Å². The summed E-state index contributed by atoms with van der Waals surface area (Å²) in [5.41, 5.74) is 2.07. The second-order valence-electron chi connectivity index (χ2n) is 9.06. The van der Waals surface area contributed by atoms with Crippen LogP contribution in [0.1, 0.15) is 49.4 Å². The summed E-state index contributed by atoms with van der Waals surface area (Å²) < 4.78 is 5.44. The minimum Gasteiger partial charge on any atom is -0.476 e. The van der Waals surface area contributed by atoms with E-state index < -0.39 is 30.1 Å². The van der Waals surface area contributed by atoms with E-state index in [9.17, 15) is 19.5 Å². The molecule has 0 saturated carbocycles. The molecular weight excluding hydrogens is 462 g/mol. The smallest absolute Gasteiger partial charge is 0.411 e. The topological polar surface area (TPSA) is 135 Å². The molecule has 10 nitrogen and oxygen atoms in total. The van der Waals surface area contributed by atoms with E-state index in [4.69, 9.17) is 4.74 Å². The van der Waals surface area contributed by atoms with Gasteiger partial charge in [0.2, 0.25) is 5.91 Å². The number of hydrogen-bond donors (Lipinski definition) is 2. The zero-order chi connectivity index (χ0) is 26.3. The molecule has 0 aliphatic carbocycles. The Labute approximate surface area is 209 Å². The first-order valence-corrected chi connectivity index (χ1v) is 11.4. The van der Waals surface area contributed by atoms with Gasteiger partial charge in [-0.2, -0.15) is 0 Å². The van der Waals surface area contributed by atoms with Crippen molar-refractivity contribution in [1.29, 1.82) is 0 Å². The minimum absolute atomic E-state index is 0.00128. The summed E-state index contributed by atoms with van der Waals surface area (Å²) in [7, 11) is 0. The summed E-state index contributed by atoms with van der Waals surface area (Å²) in [5.74, 6) is -1.90. The summed E-state index contributed by atoms with van der Waals surface area (Å²) in [6.07, 6.45) is 4.49. The lowest BCUT2D eigenvalue weighted by atomic mass is 10.0. The van der Waals surface area contributed by atoms with E-state index in [1.54, 1.807) is 32.9 Å². The van der Waals surface area contributed by atoms with Gasteiger partial charge in [0.25, 0.3) is 0 Å². The molecule has 1 aromatic carbocycles. The van der Waals surface area contributed by atoms with Crippen molar-refractivity contribution in [1.82, 2.24) is 19.9 Å². The van der Waals surface area contributed by atoms with Gasteiger partial charge in [0.05, 0.1) is 17.9 Å². The van der Waals surface area contributed by atoms with Crippen molar-refractivity contribution in [2.45, 2.75) is 46.3 Å². The van der Waals surface area contributed by atoms with Crippen LogP contribution in [0.3, 0.4) is 0 Å². The predicted molar refractivity (Wildman–Crippen MR) is 133 cm³/mol. The van der Waals surface area contributed by atoms with E-state index in [2.05, 4.69) is 27.2 Å². The van der Waals surface area contributed by atoms with Crippen LogP contribution in [-0.2, 0) is 22.5 Å². The number of amides is 2. The molecule has 3 rings (SSSR count). The van der Waals surface area contributed by atoms with Crippen LogP contribution in [-0.4, -0.2) is 55.1 Å². The highest BCUT2D eigenvalue weighted by molar-refractivity contribution is 6.01. The highest BCUT2D eigenvalue weighted by Gasteiger charge is 2.25. The molecule has 0 saturated heterocycles. The van der Waals surface area contributed by atoms with Gasteiger partial charge in [0, 0.05) is 18.0 Å². The van der Waals surface area contributed by atoms with Crippen LogP contribution in [0.25, 0.3) is 11.1 Å². The monoisotopic (exact) mass is 491 g/mol. The summed E-state index contributed by atoms with van der Waals surface area (Å²) in [6, 6.07) is 10.9. The number of ether oxygens (including phenoxy) is 1. The maximum atomic E-state index is 13.0. The number of anilines is 1. The first-order chi connectivity index (χ1) is 17.1. The van der Waals surface area contributed by atoms with Crippen LogP contribution in [0.2, 0.25) is 0 Å². The van der Waals surface area contributed by atoms with Crippen molar-refractivity contribution in [3.63, 3.8) is 0 Å². The van der Waals surface area contributed by atoms with Crippen LogP contribution in [0.5, 0.6) is 0 Å². The number of nitrogens with one attached hydrogen (secondary N) is 1. The third-order valence-electron chi connectivity index (χ3n) is 5.04. The number of nitrogens with zero attached hydrogens (tertiary/aromatic N) is 4. The Hall–Kier alpha value is -4.34. The second kappa shape index (κ2) is 11.4. The Morgan fingerprint density at radius 3 is 2.36 bits per heavy atom. The van der Waals surface area contributed by atoms with Crippen molar-refractivity contribution < 1.29 is 24.2 Å². The van der Waals surface area contributed by atoms with Gasteiger partial charge >= 0.3 is 12.1 Å². The van der Waals surface area contributed by atoms with Crippen molar-refractivity contribution in [3.8, 4) is 11.1 Å². The normalized spacial score (nSPS) is 11.0.